The minimum absolute atomic E-state index is 0.479. The van der Waals surface area contributed by atoms with Gasteiger partial charge in [-0.1, -0.05) is 6.07 Å². The van der Waals surface area contributed by atoms with Crippen LogP contribution in [0.1, 0.15) is 36.0 Å². The van der Waals surface area contributed by atoms with Crippen molar-refractivity contribution in [2.24, 2.45) is 5.92 Å². The molecule has 0 saturated carbocycles. The molecule has 1 fully saturated rings. The molecule has 1 aliphatic heterocycles. The fraction of sp³-hybridized carbons (Fsp3) is 0.500. The lowest BCUT2D eigenvalue weighted by Crippen LogP contribution is -2.34. The van der Waals surface area contributed by atoms with Crippen LogP contribution >= 0.6 is 0 Å². The highest BCUT2D eigenvalue weighted by Gasteiger charge is 2.24. The van der Waals surface area contributed by atoms with Crippen molar-refractivity contribution in [3.8, 4) is 17.0 Å². The number of benzene rings is 1. The van der Waals surface area contributed by atoms with Gasteiger partial charge in [0, 0.05) is 30.3 Å². The van der Waals surface area contributed by atoms with E-state index < -0.39 is 16.1 Å². The van der Waals surface area contributed by atoms with Gasteiger partial charge in [0.25, 0.3) is 0 Å². The Kier molecular flexibility index (Phi) is 6.90. The van der Waals surface area contributed by atoms with Gasteiger partial charge in [0.2, 0.25) is 15.9 Å². The number of likely N-dealkylation sites (tertiary alicyclic amines) is 1. The molecule has 1 saturated heterocycles. The molecule has 1 atom stereocenters. The molecule has 0 spiro atoms. The van der Waals surface area contributed by atoms with E-state index in [0.717, 1.165) is 67.3 Å². The van der Waals surface area contributed by atoms with Crippen molar-refractivity contribution < 1.29 is 17.9 Å². The number of anilines is 1. The maximum absolute atomic E-state index is 12.5. The second kappa shape index (κ2) is 9.69. The van der Waals surface area contributed by atoms with Crippen LogP contribution in [0.15, 0.2) is 24.4 Å². The van der Waals surface area contributed by atoms with E-state index in [-0.39, 0.29) is 0 Å². The first-order valence-electron chi connectivity index (χ1n) is 11.4. The van der Waals surface area contributed by atoms with Crippen LogP contribution in [0, 0.1) is 12.8 Å². The summed E-state index contributed by atoms with van der Waals surface area (Å²) in [6, 6.07) is 5.20. The molecule has 2 aromatic rings. The summed E-state index contributed by atoms with van der Waals surface area (Å²) in [6.07, 6.45) is 7.78. The lowest BCUT2D eigenvalue weighted by Gasteiger charge is -2.29. The number of rotatable bonds is 6. The van der Waals surface area contributed by atoms with Gasteiger partial charge in [-0.15, -0.1) is 0 Å². The van der Waals surface area contributed by atoms with E-state index in [1.807, 2.05) is 23.8 Å². The Morgan fingerprint density at radius 2 is 2.09 bits per heavy atom. The van der Waals surface area contributed by atoms with Crippen LogP contribution < -0.4 is 14.8 Å². The topological polar surface area (TPSA) is 101 Å². The first kappa shape index (κ1) is 23.5. The highest BCUT2D eigenvalue weighted by Crippen LogP contribution is 2.40. The average molecular weight is 473 g/mol. The third-order valence-corrected chi connectivity index (χ3v) is 6.88. The van der Waals surface area contributed by atoms with Crippen LogP contribution in [0.25, 0.3) is 11.1 Å². The molecule has 0 radical (unpaired) electrons. The van der Waals surface area contributed by atoms with Crippen molar-refractivity contribution in [1.82, 2.24) is 14.6 Å². The average Bonchev–Trinajstić information content (AvgIpc) is 3.19. The predicted molar refractivity (Wildman–Crippen MR) is 129 cm³/mol. The predicted octanol–water partition coefficient (Wildman–Crippen LogP) is 3.35. The molecule has 2 N–H and O–H groups in total. The molecule has 9 heteroatoms. The van der Waals surface area contributed by atoms with Crippen molar-refractivity contribution >= 4 is 21.7 Å². The fourth-order valence-electron chi connectivity index (χ4n) is 4.97. The summed E-state index contributed by atoms with van der Waals surface area (Å²) in [5.41, 5.74) is 5.67. The molecule has 1 aromatic heterocycles. The van der Waals surface area contributed by atoms with Gasteiger partial charge in [0.05, 0.1) is 18.6 Å². The van der Waals surface area contributed by atoms with Crippen molar-refractivity contribution in [1.29, 1.82) is 0 Å². The molecule has 1 unspecified atom stereocenters. The first-order chi connectivity index (χ1) is 15.7. The Morgan fingerprint density at radius 3 is 2.85 bits per heavy atom. The molecule has 4 rings (SSSR count). The Morgan fingerprint density at radius 1 is 1.27 bits per heavy atom. The number of sulfonamides is 1. The molecule has 178 valence electrons. The number of hydrogen-bond donors (Lipinski definition) is 2. The summed E-state index contributed by atoms with van der Waals surface area (Å²) in [5.74, 6) is 1.03. The molecule has 0 bridgehead atoms. The molecule has 33 heavy (non-hydrogen) atoms. The Balaban J connectivity index is 1.63. The zero-order valence-electron chi connectivity index (χ0n) is 19.5. The van der Waals surface area contributed by atoms with Crippen molar-refractivity contribution in [2.45, 2.75) is 39.0 Å². The van der Waals surface area contributed by atoms with Crippen LogP contribution in [0.3, 0.4) is 0 Å². The van der Waals surface area contributed by atoms with E-state index in [4.69, 9.17) is 4.74 Å². The molecular weight excluding hydrogens is 440 g/mol. The quantitative estimate of drug-likeness (QED) is 0.669. The number of fused-ring (bicyclic) bond motifs is 1. The third-order valence-electron chi connectivity index (χ3n) is 6.33. The number of carbonyl (C=O) groups excluding carboxylic acids is 1. The molecular formula is C24H32N4O4S. The van der Waals surface area contributed by atoms with Gasteiger partial charge < -0.3 is 15.0 Å². The highest BCUT2D eigenvalue weighted by molar-refractivity contribution is 7.89. The van der Waals surface area contributed by atoms with Gasteiger partial charge in [0.1, 0.15) is 0 Å². The van der Waals surface area contributed by atoms with Crippen LogP contribution in [0.2, 0.25) is 0 Å². The fourth-order valence-corrected chi connectivity index (χ4v) is 5.36. The van der Waals surface area contributed by atoms with Gasteiger partial charge in [-0.25, -0.2) is 22.9 Å². The van der Waals surface area contributed by atoms with Crippen LogP contribution in [0.5, 0.6) is 5.88 Å². The minimum atomic E-state index is -3.67. The number of piperidine rings is 1. The first-order valence-corrected chi connectivity index (χ1v) is 13.3. The van der Waals surface area contributed by atoms with E-state index in [1.54, 1.807) is 6.20 Å². The maximum Gasteiger partial charge on any atom is 0.332 e. The van der Waals surface area contributed by atoms with Crippen LogP contribution in [0.4, 0.5) is 10.5 Å². The molecule has 2 amide bonds. The van der Waals surface area contributed by atoms with Crippen LogP contribution in [-0.2, 0) is 22.9 Å². The summed E-state index contributed by atoms with van der Waals surface area (Å²) in [6.45, 7) is 4.77. The SMILES string of the molecule is Cc1cc2c(c(NC(=O)NS(C)(=O)=O)c1-c1ccnc(OCC3CCCN(C)C3)c1)CCC2. The van der Waals surface area contributed by atoms with Gasteiger partial charge >= 0.3 is 6.03 Å². The zero-order valence-corrected chi connectivity index (χ0v) is 20.3. The second-order valence-electron chi connectivity index (χ2n) is 9.23. The van der Waals surface area contributed by atoms with Gasteiger partial charge in [0.15, 0.2) is 0 Å². The lowest BCUT2D eigenvalue weighted by molar-refractivity contribution is 0.147. The smallest absolute Gasteiger partial charge is 0.332 e. The third kappa shape index (κ3) is 5.83. The number of aryl methyl sites for hydroxylation is 2. The van der Waals surface area contributed by atoms with E-state index in [9.17, 15) is 13.2 Å². The van der Waals surface area contributed by atoms with Gasteiger partial charge in [-0.3, -0.25) is 0 Å². The molecule has 2 heterocycles. The number of carbonyl (C=O) groups is 1. The van der Waals surface area contributed by atoms with E-state index in [0.29, 0.717) is 24.1 Å². The number of pyridine rings is 1. The Bertz CT molecular complexity index is 1150. The van der Waals surface area contributed by atoms with E-state index in [2.05, 4.69) is 28.3 Å². The summed E-state index contributed by atoms with van der Waals surface area (Å²) in [5, 5.41) is 2.82. The maximum atomic E-state index is 12.5. The minimum Gasteiger partial charge on any atom is -0.477 e. The Labute approximate surface area is 195 Å². The number of hydrogen-bond acceptors (Lipinski definition) is 6. The number of nitrogens with zero attached hydrogens (tertiary/aromatic N) is 2. The van der Waals surface area contributed by atoms with Crippen molar-refractivity contribution in [3.63, 3.8) is 0 Å². The standard InChI is InChI=1S/C24H32N4O4S/c1-16-12-18-7-4-8-20(18)23(26-24(29)27-33(3,30)31)22(16)19-9-10-25-21(13-19)32-15-17-6-5-11-28(2)14-17/h9-10,12-13,17H,4-8,11,14-15H2,1-3H3,(H2,26,27,29). The summed E-state index contributed by atoms with van der Waals surface area (Å²) in [4.78, 5) is 19.2. The molecule has 1 aromatic carbocycles. The van der Waals surface area contributed by atoms with Gasteiger partial charge in [-0.05, 0) is 80.9 Å². The van der Waals surface area contributed by atoms with Crippen molar-refractivity contribution in [3.05, 3.63) is 41.1 Å². The molecule has 1 aliphatic carbocycles. The summed E-state index contributed by atoms with van der Waals surface area (Å²) in [7, 11) is -1.53. The van der Waals surface area contributed by atoms with E-state index in [1.165, 1.54) is 12.0 Å². The number of urea groups is 1. The second-order valence-corrected chi connectivity index (χ2v) is 11.0. The number of aromatic nitrogens is 1. The zero-order chi connectivity index (χ0) is 23.6. The number of ether oxygens (including phenoxy) is 1. The van der Waals surface area contributed by atoms with Gasteiger partial charge in [-0.2, -0.15) is 0 Å². The number of amides is 2. The summed E-state index contributed by atoms with van der Waals surface area (Å²) < 4.78 is 31.2. The van der Waals surface area contributed by atoms with Crippen molar-refractivity contribution in [2.75, 3.05) is 38.3 Å². The number of nitrogens with one attached hydrogen (secondary N) is 2. The highest BCUT2D eigenvalue weighted by atomic mass is 32.2. The van der Waals surface area contributed by atoms with Crippen LogP contribution in [-0.4, -0.2) is 57.3 Å². The molecule has 8 nitrogen and oxygen atoms in total. The monoisotopic (exact) mass is 472 g/mol. The lowest BCUT2D eigenvalue weighted by atomic mass is 9.93. The Hall–Kier alpha value is -2.65. The largest absolute Gasteiger partial charge is 0.477 e. The molecule has 2 aliphatic rings. The normalized spacial score (nSPS) is 18.6. The van der Waals surface area contributed by atoms with E-state index >= 15 is 0 Å². The summed E-state index contributed by atoms with van der Waals surface area (Å²) >= 11 is 0.